The van der Waals surface area contributed by atoms with Crippen LogP contribution in [0, 0.1) is 5.82 Å². The fourth-order valence-electron chi connectivity index (χ4n) is 5.27. The molecule has 1 spiro atoms. The molecule has 6 rings (SSSR count). The zero-order chi connectivity index (χ0) is 25.0. The molecule has 2 aromatic heterocycles. The second-order valence-corrected chi connectivity index (χ2v) is 9.55. The first-order valence-corrected chi connectivity index (χ1v) is 12.0. The van der Waals surface area contributed by atoms with E-state index in [1.54, 1.807) is 40.4 Å². The third-order valence-electron chi connectivity index (χ3n) is 7.21. The minimum Gasteiger partial charge on any atom is -0.502 e. The Kier molecular flexibility index (Phi) is 5.26. The zero-order valence-corrected chi connectivity index (χ0v) is 19.9. The molecule has 2 aliphatic heterocycles. The predicted octanol–water partition coefficient (Wildman–Crippen LogP) is 3.75. The van der Waals surface area contributed by atoms with Gasteiger partial charge in [-0.15, -0.1) is 0 Å². The summed E-state index contributed by atoms with van der Waals surface area (Å²) in [6, 6.07) is 8.94. The summed E-state index contributed by atoms with van der Waals surface area (Å²) in [5.41, 5.74) is -0.436. The largest absolute Gasteiger partial charge is 0.502 e. The molecule has 36 heavy (non-hydrogen) atoms. The van der Waals surface area contributed by atoms with E-state index >= 15 is 4.39 Å². The molecule has 10 heteroatoms. The molecule has 0 saturated heterocycles. The first kappa shape index (κ1) is 22.6. The number of carbonyl (C=O) groups excluding carboxylic acids is 1. The number of amides is 1. The van der Waals surface area contributed by atoms with Crippen LogP contribution in [0.3, 0.4) is 0 Å². The maximum Gasteiger partial charge on any atom is 0.278 e. The molecule has 1 fully saturated rings. The van der Waals surface area contributed by atoms with E-state index in [1.165, 1.54) is 23.0 Å². The lowest BCUT2D eigenvalue weighted by atomic mass is 9.74. The number of aromatic nitrogens is 2. The van der Waals surface area contributed by atoms with Crippen LogP contribution >= 0.6 is 11.6 Å². The van der Waals surface area contributed by atoms with Crippen LogP contribution in [0.25, 0.3) is 0 Å². The molecule has 1 saturated carbocycles. The minimum absolute atomic E-state index is 0.0253. The van der Waals surface area contributed by atoms with Crippen molar-refractivity contribution in [1.82, 2.24) is 14.6 Å². The number of pyridine rings is 2. The number of hydrogen-bond acceptors (Lipinski definition) is 6. The lowest BCUT2D eigenvalue weighted by Gasteiger charge is -2.53. The van der Waals surface area contributed by atoms with Crippen LogP contribution in [0.5, 0.6) is 11.5 Å². The molecule has 1 amide bonds. The van der Waals surface area contributed by atoms with E-state index in [0.29, 0.717) is 24.1 Å². The molecule has 4 heterocycles. The Balaban J connectivity index is 1.67. The van der Waals surface area contributed by atoms with E-state index < -0.39 is 34.5 Å². The van der Waals surface area contributed by atoms with Crippen molar-refractivity contribution in [2.24, 2.45) is 0 Å². The highest BCUT2D eigenvalue weighted by Crippen LogP contribution is 2.45. The highest BCUT2D eigenvalue weighted by Gasteiger charge is 2.49. The number of fused-ring (bicyclic) bond motifs is 6. The summed E-state index contributed by atoms with van der Waals surface area (Å²) < 4.78 is 22.8. The standard InChI is InChI=1S/C26H22ClFN4O4/c27-17-7-6-16-21(18-5-1-2-12-29-18)32-15-30(25(35)22-23(34)19(33)8-13-31(22)32)26(9-3-10-26)11-4-14-36-24(16)20(17)28/h1-2,4-8,11-13,21,34H,3,9-10,14-15H2/b11-4+/t21-/m0/s1. The van der Waals surface area contributed by atoms with Crippen molar-refractivity contribution >= 4 is 17.5 Å². The highest BCUT2D eigenvalue weighted by atomic mass is 35.5. The minimum atomic E-state index is -0.751. The number of ether oxygens (including phenoxy) is 1. The van der Waals surface area contributed by atoms with Gasteiger partial charge in [0, 0.05) is 24.0 Å². The predicted molar refractivity (Wildman–Crippen MR) is 130 cm³/mol. The van der Waals surface area contributed by atoms with Gasteiger partial charge in [0.15, 0.2) is 23.0 Å². The molecule has 1 atom stereocenters. The molecule has 1 N–H and O–H groups in total. The number of carbonyl (C=O) groups is 1. The van der Waals surface area contributed by atoms with Gasteiger partial charge in [-0.2, -0.15) is 0 Å². The van der Waals surface area contributed by atoms with Crippen molar-refractivity contribution in [2.75, 3.05) is 18.3 Å². The summed E-state index contributed by atoms with van der Waals surface area (Å²) in [5, 5.41) is 12.5. The summed E-state index contributed by atoms with van der Waals surface area (Å²) in [7, 11) is 0. The Morgan fingerprint density at radius 2 is 2.00 bits per heavy atom. The molecule has 0 radical (unpaired) electrons. The first-order chi connectivity index (χ1) is 17.4. The molecule has 1 aliphatic carbocycles. The number of benzene rings is 1. The first-order valence-electron chi connectivity index (χ1n) is 11.6. The van der Waals surface area contributed by atoms with Gasteiger partial charge >= 0.3 is 0 Å². The van der Waals surface area contributed by atoms with E-state index in [1.807, 2.05) is 12.1 Å². The van der Waals surface area contributed by atoms with Gasteiger partial charge in [0.1, 0.15) is 19.3 Å². The fraction of sp³-hybridized carbons (Fsp3) is 0.269. The molecule has 1 aromatic carbocycles. The highest BCUT2D eigenvalue weighted by molar-refractivity contribution is 6.30. The summed E-state index contributed by atoms with van der Waals surface area (Å²) in [6.07, 6.45) is 9.08. The number of nitrogens with zero attached hydrogens (tertiary/aromatic N) is 4. The summed E-state index contributed by atoms with van der Waals surface area (Å²) in [4.78, 5) is 32.4. The molecular formula is C26H22ClFN4O4. The van der Waals surface area contributed by atoms with Gasteiger partial charge in [-0.1, -0.05) is 29.8 Å². The number of hydrogen-bond donors (Lipinski definition) is 1. The van der Waals surface area contributed by atoms with Gasteiger partial charge in [-0.3, -0.25) is 24.3 Å². The number of halogens is 2. The Morgan fingerprint density at radius 3 is 2.72 bits per heavy atom. The van der Waals surface area contributed by atoms with Crippen LogP contribution in [-0.2, 0) is 0 Å². The van der Waals surface area contributed by atoms with Crippen molar-refractivity contribution < 1.29 is 19.0 Å². The van der Waals surface area contributed by atoms with Crippen molar-refractivity contribution in [1.29, 1.82) is 0 Å². The van der Waals surface area contributed by atoms with E-state index in [-0.39, 0.29) is 29.7 Å². The van der Waals surface area contributed by atoms with Gasteiger partial charge in [0.25, 0.3) is 5.91 Å². The third kappa shape index (κ3) is 3.30. The monoisotopic (exact) mass is 508 g/mol. The molecule has 184 valence electrons. The van der Waals surface area contributed by atoms with Gasteiger partial charge < -0.3 is 14.7 Å². The molecule has 3 aromatic rings. The molecule has 3 aliphatic rings. The average Bonchev–Trinajstić information content (AvgIpc) is 2.88. The van der Waals surface area contributed by atoms with E-state index in [4.69, 9.17) is 16.3 Å². The lowest BCUT2D eigenvalue weighted by Crippen LogP contribution is -2.64. The number of rotatable bonds is 1. The van der Waals surface area contributed by atoms with Crippen LogP contribution < -0.4 is 15.2 Å². The Morgan fingerprint density at radius 1 is 1.17 bits per heavy atom. The summed E-state index contributed by atoms with van der Waals surface area (Å²) in [6.45, 7) is 0.169. The van der Waals surface area contributed by atoms with E-state index in [0.717, 1.165) is 6.42 Å². The van der Waals surface area contributed by atoms with Gasteiger partial charge in [-0.05, 0) is 43.5 Å². The van der Waals surface area contributed by atoms with E-state index in [9.17, 15) is 14.7 Å². The van der Waals surface area contributed by atoms with Crippen LogP contribution in [-0.4, -0.2) is 44.4 Å². The summed E-state index contributed by atoms with van der Waals surface area (Å²) in [5.74, 6) is -1.81. The SMILES string of the molecule is O=C1c2c(O)c(=O)ccn2N2CN1C1(/C=C/COc3c(ccc(Cl)c3F)[C@H]2c2ccccn2)CCC1. The normalized spacial score (nSPS) is 21.1. The zero-order valence-electron chi connectivity index (χ0n) is 19.1. The molecule has 0 unspecified atom stereocenters. The topological polar surface area (TPSA) is 87.9 Å². The van der Waals surface area contributed by atoms with Crippen molar-refractivity contribution in [3.63, 3.8) is 0 Å². The van der Waals surface area contributed by atoms with Crippen LogP contribution in [0.4, 0.5) is 4.39 Å². The van der Waals surface area contributed by atoms with Gasteiger partial charge in [0.2, 0.25) is 5.43 Å². The molecule has 2 bridgehead atoms. The number of aromatic hydroxyl groups is 1. The fourth-order valence-corrected chi connectivity index (χ4v) is 5.42. The smallest absolute Gasteiger partial charge is 0.278 e. The second kappa shape index (κ2) is 8.37. The van der Waals surface area contributed by atoms with Crippen LogP contribution in [0.15, 0.2) is 65.7 Å². The van der Waals surface area contributed by atoms with Crippen molar-refractivity contribution in [2.45, 2.75) is 30.8 Å². The molecule has 8 nitrogen and oxygen atoms in total. The average molecular weight is 509 g/mol. The van der Waals surface area contributed by atoms with Crippen LogP contribution in [0.1, 0.15) is 47.1 Å². The quantitative estimate of drug-likeness (QED) is 0.504. The summed E-state index contributed by atoms with van der Waals surface area (Å²) >= 11 is 6.13. The van der Waals surface area contributed by atoms with Crippen molar-refractivity contribution in [3.8, 4) is 11.5 Å². The van der Waals surface area contributed by atoms with Gasteiger partial charge in [-0.25, -0.2) is 4.39 Å². The lowest BCUT2D eigenvalue weighted by molar-refractivity contribution is 0.0255. The van der Waals surface area contributed by atoms with Gasteiger partial charge in [0.05, 0.1) is 16.3 Å². The van der Waals surface area contributed by atoms with Crippen LogP contribution in [0.2, 0.25) is 5.02 Å². The van der Waals surface area contributed by atoms with Crippen molar-refractivity contribution in [3.05, 3.63) is 99.0 Å². The Bertz CT molecular complexity index is 1450. The Labute approximate surface area is 210 Å². The second-order valence-electron chi connectivity index (χ2n) is 9.14. The van der Waals surface area contributed by atoms with E-state index in [2.05, 4.69) is 4.98 Å². The maximum atomic E-state index is 15.4. The third-order valence-corrected chi connectivity index (χ3v) is 7.51. The Hall–Kier alpha value is -3.85. The maximum absolute atomic E-state index is 15.4. The molecular weight excluding hydrogens is 487 g/mol.